The summed E-state index contributed by atoms with van der Waals surface area (Å²) in [5, 5.41) is 10.6. The summed E-state index contributed by atoms with van der Waals surface area (Å²) in [6, 6.07) is 27.3. The van der Waals surface area contributed by atoms with Gasteiger partial charge in [-0.05, 0) is 54.4 Å². The molecule has 0 saturated carbocycles. The lowest BCUT2D eigenvalue weighted by atomic mass is 9.83. The van der Waals surface area contributed by atoms with Crippen LogP contribution in [0.25, 0.3) is 0 Å². The van der Waals surface area contributed by atoms with Gasteiger partial charge in [-0.3, -0.25) is 0 Å². The lowest BCUT2D eigenvalue weighted by molar-refractivity contribution is -0.136. The fraction of sp³-hybridized carbons (Fsp3) is 0.152. The van der Waals surface area contributed by atoms with Crippen molar-refractivity contribution in [3.05, 3.63) is 124 Å². The van der Waals surface area contributed by atoms with Gasteiger partial charge < -0.3 is 29.4 Å². The van der Waals surface area contributed by atoms with Crippen molar-refractivity contribution in [1.82, 2.24) is 0 Å². The smallest absolute Gasteiger partial charge is 0.349 e. The monoisotopic (exact) mass is 582 g/mol. The second kappa shape index (κ2) is 12.6. The molecule has 0 aliphatic carbocycles. The normalized spacial score (nSPS) is 13.8. The topological polar surface area (TPSA) is 113 Å². The van der Waals surface area contributed by atoms with E-state index in [1.54, 1.807) is 42.5 Å². The maximum atomic E-state index is 12.5. The van der Waals surface area contributed by atoms with Gasteiger partial charge >= 0.3 is 5.97 Å². The van der Waals surface area contributed by atoms with Crippen LogP contribution in [-0.4, -0.2) is 19.7 Å². The maximum Gasteiger partial charge on any atom is 0.349 e. The largest absolute Gasteiger partial charge is 0.493 e. The Hall–Kier alpha value is -5.13. The van der Waals surface area contributed by atoms with Gasteiger partial charge in [0.25, 0.3) is 0 Å². The third-order valence-electron chi connectivity index (χ3n) is 6.63. The van der Waals surface area contributed by atoms with Crippen LogP contribution in [0.15, 0.2) is 96.4 Å². The Morgan fingerprint density at radius 1 is 0.976 bits per heavy atom. The van der Waals surface area contributed by atoms with E-state index in [1.165, 1.54) is 7.11 Å². The van der Waals surface area contributed by atoms with Crippen molar-refractivity contribution in [1.29, 1.82) is 5.26 Å². The van der Waals surface area contributed by atoms with Gasteiger partial charge in [0, 0.05) is 22.2 Å². The highest BCUT2D eigenvalue weighted by Gasteiger charge is 2.32. The number of hydrogen-bond acceptors (Lipinski definition) is 8. The van der Waals surface area contributed by atoms with Crippen LogP contribution in [0.4, 0.5) is 0 Å². The molecule has 1 heterocycles. The second-order valence-corrected chi connectivity index (χ2v) is 9.90. The van der Waals surface area contributed by atoms with Crippen LogP contribution in [0.1, 0.15) is 28.2 Å². The highest BCUT2D eigenvalue weighted by Crippen LogP contribution is 2.45. The molecule has 4 aromatic carbocycles. The number of esters is 1. The average Bonchev–Trinajstić information content (AvgIpc) is 2.99. The Balaban J connectivity index is 1.36. The third-order valence-corrected chi connectivity index (χ3v) is 7.00. The Kier molecular flexibility index (Phi) is 8.51. The Bertz CT molecular complexity index is 1710. The highest BCUT2D eigenvalue weighted by molar-refractivity contribution is 6.31. The quantitative estimate of drug-likeness (QED) is 0.177. The van der Waals surface area contributed by atoms with Gasteiger partial charge in [-0.1, -0.05) is 54.1 Å². The molecule has 1 unspecified atom stereocenters. The van der Waals surface area contributed by atoms with Gasteiger partial charge in [-0.15, -0.1) is 0 Å². The van der Waals surface area contributed by atoms with Crippen LogP contribution < -0.4 is 29.4 Å². The molecule has 2 N–H and O–H groups in total. The van der Waals surface area contributed by atoms with E-state index in [0.29, 0.717) is 33.6 Å². The van der Waals surface area contributed by atoms with Crippen molar-refractivity contribution < 1.29 is 28.5 Å². The summed E-state index contributed by atoms with van der Waals surface area (Å²) >= 11 is 6.27. The summed E-state index contributed by atoms with van der Waals surface area (Å²) in [7, 11) is 1.54. The number of nitriles is 1. The molecule has 0 bridgehead atoms. The Morgan fingerprint density at radius 3 is 2.57 bits per heavy atom. The fourth-order valence-corrected chi connectivity index (χ4v) is 4.79. The Morgan fingerprint density at radius 2 is 1.81 bits per heavy atom. The molecule has 42 heavy (non-hydrogen) atoms. The number of fused-ring (bicyclic) bond motifs is 1. The number of allylic oxidation sites excluding steroid dienone is 1. The molecule has 0 spiro atoms. The van der Waals surface area contributed by atoms with E-state index in [4.69, 9.17) is 41.0 Å². The third kappa shape index (κ3) is 6.27. The molecule has 0 aromatic heterocycles. The molecule has 0 fully saturated rings. The van der Waals surface area contributed by atoms with Crippen LogP contribution >= 0.6 is 11.6 Å². The van der Waals surface area contributed by atoms with Crippen LogP contribution in [0.5, 0.6) is 28.7 Å². The number of hydrogen-bond donors (Lipinski definition) is 1. The van der Waals surface area contributed by atoms with Crippen molar-refractivity contribution in [2.24, 2.45) is 5.73 Å². The molecule has 0 saturated heterocycles. The van der Waals surface area contributed by atoms with E-state index in [1.807, 2.05) is 49.4 Å². The number of halogens is 1. The highest BCUT2D eigenvalue weighted by atomic mass is 35.5. The number of nitrogens with zero attached hydrogens (tertiary/aromatic N) is 1. The first kappa shape index (κ1) is 28.4. The first-order valence-electron chi connectivity index (χ1n) is 13.0. The molecule has 0 amide bonds. The van der Waals surface area contributed by atoms with E-state index in [9.17, 15) is 10.1 Å². The molecule has 1 aliphatic rings. The predicted octanol–water partition coefficient (Wildman–Crippen LogP) is 6.44. The summed E-state index contributed by atoms with van der Waals surface area (Å²) in [5.41, 5.74) is 9.67. The number of carbonyl (C=O) groups excluding carboxylic acids is 1. The van der Waals surface area contributed by atoms with Crippen LogP contribution in [0.3, 0.4) is 0 Å². The lowest BCUT2D eigenvalue weighted by Crippen LogP contribution is -2.22. The van der Waals surface area contributed by atoms with Crippen molar-refractivity contribution in [3.63, 3.8) is 0 Å². The summed E-state index contributed by atoms with van der Waals surface area (Å²) in [6.07, 6.45) is 0. The summed E-state index contributed by atoms with van der Waals surface area (Å²) < 4.78 is 28.4. The van der Waals surface area contributed by atoms with Crippen molar-refractivity contribution in [3.8, 4) is 34.8 Å². The van der Waals surface area contributed by atoms with E-state index < -0.39 is 11.9 Å². The number of nitrogens with two attached hydrogens (primary N) is 1. The van der Waals surface area contributed by atoms with Gasteiger partial charge in [-0.25, -0.2) is 4.79 Å². The first-order chi connectivity index (χ1) is 20.4. The van der Waals surface area contributed by atoms with Crippen LogP contribution in [0, 0.1) is 18.3 Å². The zero-order valence-corrected chi connectivity index (χ0v) is 23.7. The summed E-state index contributed by atoms with van der Waals surface area (Å²) in [4.78, 5) is 12.5. The maximum absolute atomic E-state index is 12.5. The van der Waals surface area contributed by atoms with Crippen molar-refractivity contribution in [2.75, 3.05) is 13.7 Å². The standard InChI is InChI=1S/C33H27ClN2O6/c1-20-6-5-8-23(14-20)39-19-31(37)41-24-11-12-25-29(16-24)42-33(36)26(17-35)32(25)21-10-13-28(30(15-21)38-2)40-18-22-7-3-4-9-27(22)34/h3-16,32H,18-19,36H2,1-2H3. The van der Waals surface area contributed by atoms with E-state index >= 15 is 0 Å². The zero-order valence-electron chi connectivity index (χ0n) is 22.9. The fourth-order valence-electron chi connectivity index (χ4n) is 4.60. The number of rotatable bonds is 9. The molecule has 1 aliphatic heterocycles. The van der Waals surface area contributed by atoms with Gasteiger partial charge in [-0.2, -0.15) is 5.26 Å². The minimum Gasteiger partial charge on any atom is -0.493 e. The molecule has 8 nitrogen and oxygen atoms in total. The van der Waals surface area contributed by atoms with Crippen molar-refractivity contribution >= 4 is 17.6 Å². The number of ether oxygens (including phenoxy) is 5. The average molecular weight is 583 g/mol. The van der Waals surface area contributed by atoms with E-state index in [2.05, 4.69) is 6.07 Å². The summed E-state index contributed by atoms with van der Waals surface area (Å²) in [6.45, 7) is 1.92. The minimum absolute atomic E-state index is 0.0423. The molecular formula is C33H27ClN2O6. The van der Waals surface area contributed by atoms with Gasteiger partial charge in [0.2, 0.25) is 5.88 Å². The van der Waals surface area contributed by atoms with Crippen molar-refractivity contribution in [2.45, 2.75) is 19.4 Å². The van der Waals surface area contributed by atoms with Gasteiger partial charge in [0.05, 0.1) is 13.0 Å². The SMILES string of the molecule is COc1cc(C2C(C#N)=C(N)Oc3cc(OC(=O)COc4cccc(C)c4)ccc32)ccc1OCc1ccccc1Cl. The van der Waals surface area contributed by atoms with Crippen LogP contribution in [-0.2, 0) is 11.4 Å². The molecule has 1 atom stereocenters. The number of carbonyl (C=O) groups is 1. The van der Waals surface area contributed by atoms with E-state index in [0.717, 1.165) is 16.7 Å². The molecule has 0 radical (unpaired) electrons. The molecule has 5 rings (SSSR count). The zero-order chi connectivity index (χ0) is 29.6. The summed E-state index contributed by atoms with van der Waals surface area (Å²) in [5.74, 6) is 0.989. The second-order valence-electron chi connectivity index (χ2n) is 9.49. The number of methoxy groups -OCH3 is 1. The first-order valence-corrected chi connectivity index (χ1v) is 13.4. The Labute approximate surface area is 248 Å². The number of benzene rings is 4. The lowest BCUT2D eigenvalue weighted by Gasteiger charge is -2.27. The van der Waals surface area contributed by atoms with Crippen LogP contribution in [0.2, 0.25) is 5.02 Å². The minimum atomic E-state index is -0.581. The number of aryl methyl sites for hydroxylation is 1. The molecule has 212 valence electrons. The predicted molar refractivity (Wildman–Crippen MR) is 157 cm³/mol. The van der Waals surface area contributed by atoms with E-state index in [-0.39, 0.29) is 30.4 Å². The molecular weight excluding hydrogens is 556 g/mol. The van der Waals surface area contributed by atoms with Gasteiger partial charge in [0.1, 0.15) is 35.5 Å². The van der Waals surface area contributed by atoms with Gasteiger partial charge in [0.15, 0.2) is 18.1 Å². The molecule has 4 aromatic rings. The molecule has 9 heteroatoms.